The molecule has 1 aliphatic rings. The van der Waals surface area contributed by atoms with Gasteiger partial charge in [-0.3, -0.25) is 0 Å². The molecule has 0 bridgehead atoms. The van der Waals surface area contributed by atoms with Gasteiger partial charge in [0.2, 0.25) is 0 Å². The van der Waals surface area contributed by atoms with Gasteiger partial charge in [0.15, 0.2) is 0 Å². The van der Waals surface area contributed by atoms with Crippen LogP contribution in [0.2, 0.25) is 0 Å². The van der Waals surface area contributed by atoms with Gasteiger partial charge in [0, 0.05) is 27.2 Å². The molecule has 0 saturated carbocycles. The predicted molar refractivity (Wildman–Crippen MR) is 66.7 cm³/mol. The number of halogens is 2. The molecule has 2 aromatic rings. The van der Waals surface area contributed by atoms with E-state index in [0.29, 0.717) is 39.6 Å². The SMILES string of the molecule is O[C@@H]1CCOc2c1cc(F)c1c(Br)cccc21. The van der Waals surface area contributed by atoms with Crippen LogP contribution in [0.4, 0.5) is 4.39 Å². The highest BCUT2D eigenvalue weighted by molar-refractivity contribution is 9.10. The Morgan fingerprint density at radius 2 is 2.24 bits per heavy atom. The number of hydrogen-bond donors (Lipinski definition) is 1. The van der Waals surface area contributed by atoms with Crippen molar-refractivity contribution in [2.24, 2.45) is 0 Å². The number of rotatable bonds is 0. The maximum atomic E-state index is 14.0. The summed E-state index contributed by atoms with van der Waals surface area (Å²) in [5.74, 6) is 0.261. The quantitative estimate of drug-likeness (QED) is 0.805. The van der Waals surface area contributed by atoms with Gasteiger partial charge in [0.05, 0.1) is 12.7 Å². The van der Waals surface area contributed by atoms with Crippen molar-refractivity contribution in [1.29, 1.82) is 0 Å². The zero-order valence-corrected chi connectivity index (χ0v) is 10.5. The molecule has 0 fully saturated rings. The Hall–Kier alpha value is -1.13. The Morgan fingerprint density at radius 1 is 1.41 bits per heavy atom. The normalized spacial score (nSPS) is 18.9. The van der Waals surface area contributed by atoms with E-state index in [1.807, 2.05) is 6.07 Å². The highest BCUT2D eigenvalue weighted by atomic mass is 79.9. The molecule has 2 aromatic carbocycles. The smallest absolute Gasteiger partial charge is 0.133 e. The molecule has 1 atom stereocenters. The molecular weight excluding hydrogens is 287 g/mol. The van der Waals surface area contributed by atoms with Crippen molar-refractivity contribution in [1.82, 2.24) is 0 Å². The van der Waals surface area contributed by atoms with Crippen molar-refractivity contribution in [3.8, 4) is 5.75 Å². The van der Waals surface area contributed by atoms with Crippen molar-refractivity contribution < 1.29 is 14.2 Å². The summed E-state index contributed by atoms with van der Waals surface area (Å²) in [6.45, 7) is 0.460. The van der Waals surface area contributed by atoms with E-state index in [1.165, 1.54) is 6.07 Å². The third kappa shape index (κ3) is 1.63. The highest BCUT2D eigenvalue weighted by Crippen LogP contribution is 2.41. The third-order valence-electron chi connectivity index (χ3n) is 3.04. The Bertz CT molecular complexity index is 597. The van der Waals surface area contributed by atoms with Crippen molar-refractivity contribution >= 4 is 26.7 Å². The largest absolute Gasteiger partial charge is 0.492 e. The van der Waals surface area contributed by atoms with Crippen molar-refractivity contribution in [2.75, 3.05) is 6.61 Å². The standard InChI is InChI=1S/C13H10BrFO2/c14-9-3-1-2-7-12(9)10(15)6-8-11(16)4-5-17-13(7)8/h1-3,6,11,16H,4-5H2/t11-/m1/s1. The monoisotopic (exact) mass is 296 g/mol. The van der Waals surface area contributed by atoms with Gasteiger partial charge in [0.25, 0.3) is 0 Å². The lowest BCUT2D eigenvalue weighted by Gasteiger charge is -2.24. The minimum absolute atomic E-state index is 0.337. The van der Waals surface area contributed by atoms with E-state index in [9.17, 15) is 9.50 Å². The summed E-state index contributed by atoms with van der Waals surface area (Å²) >= 11 is 3.33. The summed E-state index contributed by atoms with van der Waals surface area (Å²) < 4.78 is 20.3. The number of hydrogen-bond acceptors (Lipinski definition) is 2. The summed E-state index contributed by atoms with van der Waals surface area (Å²) in [5, 5.41) is 11.1. The molecule has 2 nitrogen and oxygen atoms in total. The van der Waals surface area contributed by atoms with Gasteiger partial charge < -0.3 is 9.84 Å². The fraction of sp³-hybridized carbons (Fsp3) is 0.231. The van der Waals surface area contributed by atoms with Gasteiger partial charge >= 0.3 is 0 Å². The van der Waals surface area contributed by atoms with E-state index in [0.717, 1.165) is 0 Å². The van der Waals surface area contributed by atoms with Gasteiger partial charge in [-0.25, -0.2) is 4.39 Å². The van der Waals surface area contributed by atoms with Crippen LogP contribution in [-0.4, -0.2) is 11.7 Å². The van der Waals surface area contributed by atoms with Crippen LogP contribution < -0.4 is 4.74 Å². The minimum Gasteiger partial charge on any atom is -0.492 e. The molecule has 0 unspecified atom stereocenters. The second-order valence-electron chi connectivity index (χ2n) is 4.09. The van der Waals surface area contributed by atoms with Crippen LogP contribution in [0, 0.1) is 5.82 Å². The first kappa shape index (κ1) is 11.0. The van der Waals surface area contributed by atoms with E-state index >= 15 is 0 Å². The molecule has 1 heterocycles. The van der Waals surface area contributed by atoms with E-state index in [-0.39, 0.29) is 5.82 Å². The maximum absolute atomic E-state index is 14.0. The van der Waals surface area contributed by atoms with E-state index in [2.05, 4.69) is 15.9 Å². The number of benzene rings is 2. The van der Waals surface area contributed by atoms with Crippen LogP contribution in [0.25, 0.3) is 10.8 Å². The van der Waals surface area contributed by atoms with Crippen LogP contribution in [0.1, 0.15) is 18.1 Å². The van der Waals surface area contributed by atoms with Crippen LogP contribution in [0.15, 0.2) is 28.7 Å². The van der Waals surface area contributed by atoms with Gasteiger partial charge in [0.1, 0.15) is 11.6 Å². The fourth-order valence-electron chi connectivity index (χ4n) is 2.22. The zero-order valence-electron chi connectivity index (χ0n) is 8.91. The molecule has 0 radical (unpaired) electrons. The Kier molecular flexibility index (Phi) is 2.56. The number of aliphatic hydroxyl groups excluding tert-OH is 1. The number of ether oxygens (including phenoxy) is 1. The molecule has 88 valence electrons. The van der Waals surface area contributed by atoms with Gasteiger partial charge in [-0.05, 0) is 12.1 Å². The third-order valence-corrected chi connectivity index (χ3v) is 3.70. The topological polar surface area (TPSA) is 29.5 Å². The number of fused-ring (bicyclic) bond motifs is 3. The molecule has 3 rings (SSSR count). The molecule has 0 aromatic heterocycles. The molecule has 0 amide bonds. The summed E-state index contributed by atoms with van der Waals surface area (Å²) in [6, 6.07) is 6.79. The predicted octanol–water partition coefficient (Wildman–Crippen LogP) is 3.56. The summed E-state index contributed by atoms with van der Waals surface area (Å²) in [5.41, 5.74) is 0.541. The maximum Gasteiger partial charge on any atom is 0.133 e. The molecule has 4 heteroatoms. The van der Waals surface area contributed by atoms with Gasteiger partial charge in [-0.15, -0.1) is 0 Å². The Labute approximate surface area is 106 Å². The second-order valence-corrected chi connectivity index (χ2v) is 4.95. The Balaban J connectivity index is 2.42. The van der Waals surface area contributed by atoms with E-state index in [1.54, 1.807) is 12.1 Å². The van der Waals surface area contributed by atoms with E-state index < -0.39 is 6.10 Å². The lowest BCUT2D eigenvalue weighted by molar-refractivity contribution is 0.116. The Morgan fingerprint density at radius 3 is 3.06 bits per heavy atom. The lowest BCUT2D eigenvalue weighted by Crippen LogP contribution is -2.14. The van der Waals surface area contributed by atoms with Gasteiger partial charge in [-0.2, -0.15) is 0 Å². The van der Waals surface area contributed by atoms with Crippen LogP contribution in [-0.2, 0) is 0 Å². The first-order chi connectivity index (χ1) is 8.18. The molecule has 17 heavy (non-hydrogen) atoms. The van der Waals surface area contributed by atoms with Crippen molar-refractivity contribution in [3.63, 3.8) is 0 Å². The summed E-state index contributed by atoms with van der Waals surface area (Å²) in [7, 11) is 0. The second kappa shape index (κ2) is 3.96. The van der Waals surface area contributed by atoms with Crippen LogP contribution in [0.5, 0.6) is 5.75 Å². The van der Waals surface area contributed by atoms with E-state index in [4.69, 9.17) is 4.74 Å². The van der Waals surface area contributed by atoms with Crippen molar-refractivity contribution in [2.45, 2.75) is 12.5 Å². The molecule has 0 saturated heterocycles. The average Bonchev–Trinajstić information content (AvgIpc) is 2.31. The lowest BCUT2D eigenvalue weighted by atomic mass is 9.98. The van der Waals surface area contributed by atoms with Crippen LogP contribution >= 0.6 is 15.9 Å². The molecule has 0 aliphatic carbocycles. The fourth-order valence-corrected chi connectivity index (χ4v) is 2.78. The first-order valence-electron chi connectivity index (χ1n) is 5.40. The molecular formula is C13H10BrFO2. The number of aliphatic hydroxyl groups is 1. The molecule has 0 spiro atoms. The highest BCUT2D eigenvalue weighted by Gasteiger charge is 2.24. The molecule has 1 aliphatic heterocycles. The minimum atomic E-state index is -0.642. The van der Waals surface area contributed by atoms with Gasteiger partial charge in [-0.1, -0.05) is 28.1 Å². The molecule has 1 N–H and O–H groups in total. The summed E-state index contributed by atoms with van der Waals surface area (Å²) in [6.07, 6.45) is -0.136. The van der Waals surface area contributed by atoms with Crippen LogP contribution in [0.3, 0.4) is 0 Å². The average molecular weight is 297 g/mol. The summed E-state index contributed by atoms with van der Waals surface area (Å²) in [4.78, 5) is 0. The van der Waals surface area contributed by atoms with Crippen molar-refractivity contribution in [3.05, 3.63) is 40.1 Å². The zero-order chi connectivity index (χ0) is 12.0. The first-order valence-corrected chi connectivity index (χ1v) is 6.19.